The zero-order chi connectivity index (χ0) is 8.97. The maximum atomic E-state index is 9.24. The van der Waals surface area contributed by atoms with Gasteiger partial charge in [-0.05, 0) is 24.2 Å². The zero-order valence-corrected chi connectivity index (χ0v) is 7.73. The van der Waals surface area contributed by atoms with E-state index in [2.05, 4.69) is 5.32 Å². The molecule has 0 radical (unpaired) electrons. The summed E-state index contributed by atoms with van der Waals surface area (Å²) >= 11 is 5.64. The summed E-state index contributed by atoms with van der Waals surface area (Å²) in [7, 11) is 0. The fourth-order valence-electron chi connectivity index (χ4n) is 0.938. The van der Waals surface area contributed by atoms with Crippen LogP contribution in [0.1, 0.15) is 12.5 Å². The molecule has 0 aliphatic heterocycles. The second kappa shape index (κ2) is 4.33. The number of hydrogen-bond donors (Lipinski definition) is 2. The Morgan fingerprint density at radius 1 is 1.50 bits per heavy atom. The summed E-state index contributed by atoms with van der Waals surface area (Å²) in [5.74, 6) is 0.145. The van der Waals surface area contributed by atoms with E-state index in [-0.39, 0.29) is 5.75 Å². The highest BCUT2D eigenvalue weighted by Gasteiger charge is 1.98. The van der Waals surface area contributed by atoms with E-state index in [9.17, 15) is 5.11 Å². The van der Waals surface area contributed by atoms with Gasteiger partial charge in [0.15, 0.2) is 0 Å². The van der Waals surface area contributed by atoms with E-state index in [1.165, 1.54) is 0 Å². The van der Waals surface area contributed by atoms with Gasteiger partial charge in [0.1, 0.15) is 5.75 Å². The van der Waals surface area contributed by atoms with Crippen molar-refractivity contribution in [3.8, 4) is 5.75 Å². The zero-order valence-electron chi connectivity index (χ0n) is 6.97. The number of hydrogen-bond acceptors (Lipinski definition) is 2. The molecule has 1 aromatic carbocycles. The Bertz CT molecular complexity index is 263. The molecule has 0 fully saturated rings. The topological polar surface area (TPSA) is 32.3 Å². The molecule has 0 bridgehead atoms. The molecule has 0 saturated heterocycles. The Morgan fingerprint density at radius 3 is 2.83 bits per heavy atom. The molecule has 0 unspecified atom stereocenters. The third-order valence-corrected chi connectivity index (χ3v) is 1.91. The van der Waals surface area contributed by atoms with Crippen LogP contribution in [0.5, 0.6) is 5.75 Å². The highest BCUT2D eigenvalue weighted by Crippen LogP contribution is 2.23. The highest BCUT2D eigenvalue weighted by molar-refractivity contribution is 6.31. The number of aromatic hydroxyl groups is 1. The lowest BCUT2D eigenvalue weighted by Crippen LogP contribution is -2.11. The van der Waals surface area contributed by atoms with E-state index < -0.39 is 0 Å². The summed E-state index contributed by atoms with van der Waals surface area (Å²) in [5.41, 5.74) is 1.04. The van der Waals surface area contributed by atoms with Crippen LogP contribution in [0.2, 0.25) is 5.02 Å². The first-order valence-electron chi connectivity index (χ1n) is 3.92. The van der Waals surface area contributed by atoms with E-state index in [1.54, 1.807) is 12.1 Å². The molecule has 0 atom stereocenters. The SMILES string of the molecule is CCNCc1ccc(Cl)c(O)c1. The molecule has 1 rings (SSSR count). The Balaban J connectivity index is 2.69. The molecule has 0 aliphatic rings. The molecule has 2 nitrogen and oxygen atoms in total. The van der Waals surface area contributed by atoms with Gasteiger partial charge < -0.3 is 10.4 Å². The van der Waals surface area contributed by atoms with Crippen LogP contribution in [-0.4, -0.2) is 11.7 Å². The molecule has 66 valence electrons. The monoisotopic (exact) mass is 185 g/mol. The number of phenols is 1. The van der Waals surface area contributed by atoms with Crippen LogP contribution in [0, 0.1) is 0 Å². The second-order valence-electron chi connectivity index (χ2n) is 2.57. The maximum absolute atomic E-state index is 9.24. The Hall–Kier alpha value is -0.730. The van der Waals surface area contributed by atoms with Crippen LogP contribution in [0.3, 0.4) is 0 Å². The van der Waals surface area contributed by atoms with Crippen molar-refractivity contribution in [2.24, 2.45) is 0 Å². The predicted molar refractivity (Wildman–Crippen MR) is 50.5 cm³/mol. The van der Waals surface area contributed by atoms with Crippen LogP contribution >= 0.6 is 11.6 Å². The van der Waals surface area contributed by atoms with E-state index in [0.717, 1.165) is 18.7 Å². The molecule has 0 saturated carbocycles. The second-order valence-corrected chi connectivity index (χ2v) is 2.97. The number of phenolic OH excluding ortho intramolecular Hbond substituents is 1. The summed E-state index contributed by atoms with van der Waals surface area (Å²) in [6, 6.07) is 5.26. The third kappa shape index (κ3) is 2.40. The van der Waals surface area contributed by atoms with Crippen LogP contribution in [-0.2, 0) is 6.54 Å². The summed E-state index contributed by atoms with van der Waals surface area (Å²) in [6.45, 7) is 3.72. The van der Waals surface area contributed by atoms with Crippen molar-refractivity contribution in [1.29, 1.82) is 0 Å². The smallest absolute Gasteiger partial charge is 0.134 e. The quantitative estimate of drug-likeness (QED) is 0.757. The first kappa shape index (κ1) is 9.36. The molecule has 12 heavy (non-hydrogen) atoms. The van der Waals surface area contributed by atoms with Crippen molar-refractivity contribution in [3.05, 3.63) is 28.8 Å². The van der Waals surface area contributed by atoms with Gasteiger partial charge in [-0.25, -0.2) is 0 Å². The summed E-state index contributed by atoms with van der Waals surface area (Å²) in [5, 5.41) is 12.8. The Morgan fingerprint density at radius 2 is 2.25 bits per heavy atom. The molecule has 3 heteroatoms. The van der Waals surface area contributed by atoms with Crippen LogP contribution in [0.25, 0.3) is 0 Å². The largest absolute Gasteiger partial charge is 0.506 e. The Kier molecular flexibility index (Phi) is 3.38. The molecule has 1 aromatic rings. The molecule has 0 amide bonds. The first-order valence-corrected chi connectivity index (χ1v) is 4.30. The summed E-state index contributed by atoms with van der Waals surface area (Å²) < 4.78 is 0. The van der Waals surface area contributed by atoms with Gasteiger partial charge in [-0.2, -0.15) is 0 Å². The van der Waals surface area contributed by atoms with Gasteiger partial charge in [0, 0.05) is 6.54 Å². The van der Waals surface area contributed by atoms with E-state index in [4.69, 9.17) is 11.6 Å². The lowest BCUT2D eigenvalue weighted by atomic mass is 10.2. The average molecular weight is 186 g/mol. The molecule has 0 aromatic heterocycles. The van der Waals surface area contributed by atoms with E-state index in [1.807, 2.05) is 13.0 Å². The van der Waals surface area contributed by atoms with Crippen LogP contribution < -0.4 is 5.32 Å². The highest BCUT2D eigenvalue weighted by atomic mass is 35.5. The lowest BCUT2D eigenvalue weighted by molar-refractivity contribution is 0.474. The van der Waals surface area contributed by atoms with Gasteiger partial charge in [-0.3, -0.25) is 0 Å². The standard InChI is InChI=1S/C9H12ClNO/c1-2-11-6-7-3-4-8(10)9(12)5-7/h3-5,11-12H,2,6H2,1H3. The maximum Gasteiger partial charge on any atom is 0.134 e. The number of nitrogens with one attached hydrogen (secondary N) is 1. The van der Waals surface area contributed by atoms with Crippen molar-refractivity contribution in [2.45, 2.75) is 13.5 Å². The molecule has 0 aliphatic carbocycles. The fourth-order valence-corrected chi connectivity index (χ4v) is 1.06. The minimum absolute atomic E-state index is 0.145. The van der Waals surface area contributed by atoms with Crippen molar-refractivity contribution in [1.82, 2.24) is 5.32 Å². The first-order chi connectivity index (χ1) is 5.74. The van der Waals surface area contributed by atoms with Gasteiger partial charge in [0.2, 0.25) is 0 Å². The van der Waals surface area contributed by atoms with Gasteiger partial charge in [0.05, 0.1) is 5.02 Å². The fraction of sp³-hybridized carbons (Fsp3) is 0.333. The minimum Gasteiger partial charge on any atom is -0.506 e. The predicted octanol–water partition coefficient (Wildman–Crippen LogP) is 2.16. The van der Waals surface area contributed by atoms with E-state index in [0.29, 0.717) is 5.02 Å². The van der Waals surface area contributed by atoms with Crippen molar-refractivity contribution in [3.63, 3.8) is 0 Å². The van der Waals surface area contributed by atoms with Crippen molar-refractivity contribution < 1.29 is 5.11 Å². The van der Waals surface area contributed by atoms with Crippen molar-refractivity contribution in [2.75, 3.05) is 6.54 Å². The third-order valence-electron chi connectivity index (χ3n) is 1.59. The molecule has 0 spiro atoms. The minimum atomic E-state index is 0.145. The van der Waals surface area contributed by atoms with Gasteiger partial charge in [-0.15, -0.1) is 0 Å². The number of rotatable bonds is 3. The number of halogens is 1. The van der Waals surface area contributed by atoms with Crippen LogP contribution in [0.15, 0.2) is 18.2 Å². The molecule has 2 N–H and O–H groups in total. The van der Waals surface area contributed by atoms with Gasteiger partial charge in [-0.1, -0.05) is 24.6 Å². The molecular weight excluding hydrogens is 174 g/mol. The van der Waals surface area contributed by atoms with Crippen LogP contribution in [0.4, 0.5) is 0 Å². The van der Waals surface area contributed by atoms with E-state index >= 15 is 0 Å². The number of benzene rings is 1. The van der Waals surface area contributed by atoms with Gasteiger partial charge >= 0.3 is 0 Å². The summed E-state index contributed by atoms with van der Waals surface area (Å²) in [6.07, 6.45) is 0. The molecule has 0 heterocycles. The van der Waals surface area contributed by atoms with Crippen molar-refractivity contribution >= 4 is 11.6 Å². The van der Waals surface area contributed by atoms with Gasteiger partial charge in [0.25, 0.3) is 0 Å². The Labute approximate surface area is 77.2 Å². The lowest BCUT2D eigenvalue weighted by Gasteiger charge is -2.03. The molecular formula is C9H12ClNO. The summed E-state index contributed by atoms with van der Waals surface area (Å²) in [4.78, 5) is 0. The average Bonchev–Trinajstić information content (AvgIpc) is 2.07. The normalized spacial score (nSPS) is 10.2.